The minimum atomic E-state index is 0.0842. The summed E-state index contributed by atoms with van der Waals surface area (Å²) in [4.78, 5) is 14.4. The average molecular weight is 377 g/mol. The van der Waals surface area contributed by atoms with Gasteiger partial charge in [0.05, 0.1) is 11.4 Å². The highest BCUT2D eigenvalue weighted by molar-refractivity contribution is 5.37. The zero-order chi connectivity index (χ0) is 19.7. The third-order valence-electron chi connectivity index (χ3n) is 5.76. The Balaban J connectivity index is 1.41. The van der Waals surface area contributed by atoms with E-state index in [9.17, 15) is 4.79 Å². The Morgan fingerprint density at radius 2 is 1.86 bits per heavy atom. The maximum absolute atomic E-state index is 11.9. The van der Waals surface area contributed by atoms with Crippen LogP contribution in [0.5, 0.6) is 0 Å². The molecule has 0 saturated carbocycles. The molecular formula is C23H28N4O. The van der Waals surface area contributed by atoms with Gasteiger partial charge in [-0.1, -0.05) is 12.1 Å². The highest BCUT2D eigenvalue weighted by atomic mass is 16.1. The van der Waals surface area contributed by atoms with Gasteiger partial charge in [-0.2, -0.15) is 5.10 Å². The number of aryl methyl sites for hydroxylation is 3. The van der Waals surface area contributed by atoms with Gasteiger partial charge in [-0.3, -0.25) is 9.69 Å². The van der Waals surface area contributed by atoms with Crippen LogP contribution in [0.15, 0.2) is 53.5 Å². The molecule has 0 atom stereocenters. The van der Waals surface area contributed by atoms with Crippen molar-refractivity contribution >= 4 is 0 Å². The summed E-state index contributed by atoms with van der Waals surface area (Å²) in [5, 5.41) is 4.60. The summed E-state index contributed by atoms with van der Waals surface area (Å²) >= 11 is 0. The van der Waals surface area contributed by atoms with Crippen LogP contribution in [0.2, 0.25) is 0 Å². The maximum atomic E-state index is 11.9. The van der Waals surface area contributed by atoms with Crippen molar-refractivity contribution in [3.8, 4) is 5.69 Å². The van der Waals surface area contributed by atoms with Gasteiger partial charge in [0.15, 0.2) is 0 Å². The normalized spacial score (nSPS) is 15.8. The van der Waals surface area contributed by atoms with Crippen molar-refractivity contribution in [2.24, 2.45) is 7.05 Å². The Kier molecular flexibility index (Phi) is 5.18. The van der Waals surface area contributed by atoms with Crippen LogP contribution in [0.1, 0.15) is 41.3 Å². The summed E-state index contributed by atoms with van der Waals surface area (Å²) in [6.07, 6.45) is 4.09. The van der Waals surface area contributed by atoms with E-state index in [4.69, 9.17) is 0 Å². The molecule has 3 heterocycles. The molecule has 2 aromatic heterocycles. The fourth-order valence-electron chi connectivity index (χ4n) is 4.18. The standard InChI is InChI=1S/C23H28N4O/c1-17-13-18(2)27(24-17)22-6-4-5-19(14-22)16-26-11-8-20(9-12-26)21-7-10-25(3)23(28)15-21/h4-7,10,13-15,20H,8-9,11-12,16H2,1-3H3. The Morgan fingerprint density at radius 3 is 2.54 bits per heavy atom. The summed E-state index contributed by atoms with van der Waals surface area (Å²) in [5.41, 5.74) is 5.91. The molecule has 1 fully saturated rings. The summed E-state index contributed by atoms with van der Waals surface area (Å²) in [6.45, 7) is 7.19. The summed E-state index contributed by atoms with van der Waals surface area (Å²) in [6, 6.07) is 14.7. The second-order valence-corrected chi connectivity index (χ2v) is 7.97. The fraction of sp³-hybridized carbons (Fsp3) is 0.391. The lowest BCUT2D eigenvalue weighted by atomic mass is 9.90. The molecule has 0 aliphatic carbocycles. The molecular weight excluding hydrogens is 348 g/mol. The smallest absolute Gasteiger partial charge is 0.250 e. The molecule has 0 N–H and O–H groups in total. The number of rotatable bonds is 4. The molecule has 1 aliphatic rings. The number of hydrogen-bond donors (Lipinski definition) is 0. The molecule has 146 valence electrons. The Morgan fingerprint density at radius 1 is 1.07 bits per heavy atom. The number of pyridine rings is 1. The third kappa shape index (κ3) is 3.94. The highest BCUT2D eigenvalue weighted by Crippen LogP contribution is 2.28. The molecule has 3 aromatic rings. The molecule has 4 rings (SSSR count). The molecule has 28 heavy (non-hydrogen) atoms. The van der Waals surface area contributed by atoms with Crippen LogP contribution in [0, 0.1) is 13.8 Å². The average Bonchev–Trinajstić information content (AvgIpc) is 3.03. The van der Waals surface area contributed by atoms with Gasteiger partial charge in [0.2, 0.25) is 0 Å². The lowest BCUT2D eigenvalue weighted by molar-refractivity contribution is 0.204. The Labute approximate surface area is 166 Å². The minimum absolute atomic E-state index is 0.0842. The molecule has 1 saturated heterocycles. The highest BCUT2D eigenvalue weighted by Gasteiger charge is 2.21. The van der Waals surface area contributed by atoms with Crippen molar-refractivity contribution in [1.82, 2.24) is 19.2 Å². The van der Waals surface area contributed by atoms with Gasteiger partial charge in [-0.15, -0.1) is 0 Å². The van der Waals surface area contributed by atoms with Crippen LogP contribution in [0.3, 0.4) is 0 Å². The molecule has 5 nitrogen and oxygen atoms in total. The van der Waals surface area contributed by atoms with Gasteiger partial charge in [0.25, 0.3) is 5.56 Å². The minimum Gasteiger partial charge on any atom is -0.319 e. The predicted molar refractivity (Wildman–Crippen MR) is 112 cm³/mol. The topological polar surface area (TPSA) is 43.1 Å². The first-order valence-corrected chi connectivity index (χ1v) is 10.0. The number of nitrogens with zero attached hydrogens (tertiary/aromatic N) is 4. The zero-order valence-electron chi connectivity index (χ0n) is 16.9. The molecule has 1 aliphatic heterocycles. The van der Waals surface area contributed by atoms with E-state index in [1.54, 1.807) is 17.7 Å². The number of hydrogen-bond acceptors (Lipinski definition) is 3. The first kappa shape index (κ1) is 18.7. The Bertz CT molecular complexity index is 1030. The number of aromatic nitrogens is 3. The first-order valence-electron chi connectivity index (χ1n) is 10.0. The largest absolute Gasteiger partial charge is 0.319 e. The van der Waals surface area contributed by atoms with Crippen LogP contribution in [-0.2, 0) is 13.6 Å². The SMILES string of the molecule is Cc1cc(C)n(-c2cccc(CN3CCC(c4ccn(C)c(=O)c4)CC3)c2)n1. The monoisotopic (exact) mass is 376 g/mol. The van der Waals surface area contributed by atoms with Crippen LogP contribution in [0.4, 0.5) is 0 Å². The zero-order valence-corrected chi connectivity index (χ0v) is 16.9. The van der Waals surface area contributed by atoms with Crippen molar-refractivity contribution < 1.29 is 0 Å². The molecule has 0 unspecified atom stereocenters. The van der Waals surface area contributed by atoms with Crippen molar-refractivity contribution in [3.05, 3.63) is 81.5 Å². The van der Waals surface area contributed by atoms with Crippen molar-refractivity contribution in [2.45, 2.75) is 39.2 Å². The first-order chi connectivity index (χ1) is 13.5. The van der Waals surface area contributed by atoms with E-state index < -0.39 is 0 Å². The molecule has 0 amide bonds. The van der Waals surface area contributed by atoms with E-state index in [1.165, 1.54) is 11.1 Å². The van der Waals surface area contributed by atoms with Gasteiger partial charge in [-0.05, 0) is 81.1 Å². The van der Waals surface area contributed by atoms with Crippen molar-refractivity contribution in [2.75, 3.05) is 13.1 Å². The Hall–Kier alpha value is -2.66. The summed E-state index contributed by atoms with van der Waals surface area (Å²) in [5.74, 6) is 0.492. The molecule has 0 radical (unpaired) electrons. The van der Waals surface area contributed by atoms with Gasteiger partial charge in [0, 0.05) is 31.5 Å². The van der Waals surface area contributed by atoms with Gasteiger partial charge in [-0.25, -0.2) is 4.68 Å². The van der Waals surface area contributed by atoms with E-state index in [0.717, 1.165) is 49.6 Å². The van der Waals surface area contributed by atoms with Crippen LogP contribution >= 0.6 is 0 Å². The molecule has 0 bridgehead atoms. The second kappa shape index (κ2) is 7.76. The quantitative estimate of drug-likeness (QED) is 0.699. The number of likely N-dealkylation sites (tertiary alicyclic amines) is 1. The van der Waals surface area contributed by atoms with Crippen molar-refractivity contribution in [3.63, 3.8) is 0 Å². The lowest BCUT2D eigenvalue weighted by Crippen LogP contribution is -2.32. The van der Waals surface area contributed by atoms with Gasteiger partial charge < -0.3 is 4.57 Å². The summed E-state index contributed by atoms with van der Waals surface area (Å²) < 4.78 is 3.65. The van der Waals surface area contributed by atoms with E-state index in [-0.39, 0.29) is 5.56 Å². The fourth-order valence-corrected chi connectivity index (χ4v) is 4.18. The van der Waals surface area contributed by atoms with Crippen LogP contribution in [-0.4, -0.2) is 32.3 Å². The van der Waals surface area contributed by atoms with E-state index in [0.29, 0.717) is 5.92 Å². The van der Waals surface area contributed by atoms with Gasteiger partial charge >= 0.3 is 0 Å². The van der Waals surface area contributed by atoms with Crippen molar-refractivity contribution in [1.29, 1.82) is 0 Å². The summed E-state index contributed by atoms with van der Waals surface area (Å²) in [7, 11) is 1.80. The predicted octanol–water partition coefficient (Wildman–Crippen LogP) is 3.57. The van der Waals surface area contributed by atoms with Gasteiger partial charge in [0.1, 0.15) is 0 Å². The van der Waals surface area contributed by atoms with E-state index >= 15 is 0 Å². The van der Waals surface area contributed by atoms with E-state index in [1.807, 2.05) is 17.8 Å². The lowest BCUT2D eigenvalue weighted by Gasteiger charge is -2.32. The van der Waals surface area contributed by atoms with Crippen LogP contribution in [0.25, 0.3) is 5.69 Å². The molecule has 1 aromatic carbocycles. The maximum Gasteiger partial charge on any atom is 0.250 e. The molecule has 0 spiro atoms. The van der Waals surface area contributed by atoms with Crippen LogP contribution < -0.4 is 5.56 Å². The van der Waals surface area contributed by atoms with E-state index in [2.05, 4.69) is 53.3 Å². The third-order valence-corrected chi connectivity index (χ3v) is 5.76. The number of benzene rings is 1. The number of piperidine rings is 1. The second-order valence-electron chi connectivity index (χ2n) is 7.97. The molecule has 5 heteroatoms.